The maximum Gasteiger partial charge on any atom is 0.295 e. The van der Waals surface area contributed by atoms with Gasteiger partial charge in [0.1, 0.15) is 6.04 Å². The Morgan fingerprint density at radius 3 is 3.10 bits per heavy atom. The van der Waals surface area contributed by atoms with Crippen LogP contribution in [0.5, 0.6) is 5.75 Å². The third-order valence-electron chi connectivity index (χ3n) is 6.52. The van der Waals surface area contributed by atoms with Crippen molar-refractivity contribution in [3.8, 4) is 5.75 Å². The number of hydrogen-bond acceptors (Lipinski definition) is 3. The van der Waals surface area contributed by atoms with Crippen molar-refractivity contribution in [1.82, 2.24) is 9.99 Å². The quantitative estimate of drug-likeness (QED) is 0.443. The van der Waals surface area contributed by atoms with Gasteiger partial charge in [-0.2, -0.15) is 5.10 Å². The number of fused-ring (bicyclic) bond motifs is 3. The average molecular weight is 481 g/mol. The van der Waals surface area contributed by atoms with Gasteiger partial charge < -0.3 is 14.6 Å². The van der Waals surface area contributed by atoms with Crippen LogP contribution in [0.25, 0.3) is 10.9 Å². The van der Waals surface area contributed by atoms with Crippen LogP contribution < -0.4 is 15.4 Å². The molecule has 0 saturated carbocycles. The van der Waals surface area contributed by atoms with E-state index in [0.717, 1.165) is 36.8 Å². The van der Waals surface area contributed by atoms with E-state index in [1.165, 1.54) is 44.9 Å². The second-order valence-corrected chi connectivity index (χ2v) is 9.46. The van der Waals surface area contributed by atoms with Crippen LogP contribution in [0, 0.1) is 6.92 Å². The molecule has 2 N–H and O–H groups in total. The molecule has 1 amide bonds. The molecule has 1 aromatic heterocycles. The summed E-state index contributed by atoms with van der Waals surface area (Å²) in [6.07, 6.45) is 4.79. The van der Waals surface area contributed by atoms with E-state index in [2.05, 4.69) is 56.1 Å². The highest BCUT2D eigenvalue weighted by Crippen LogP contribution is 2.37. The first-order chi connectivity index (χ1) is 15.0. The van der Waals surface area contributed by atoms with Gasteiger partial charge in [-0.15, -0.1) is 0 Å². The van der Waals surface area contributed by atoms with E-state index in [1.807, 2.05) is 0 Å². The minimum absolute atomic E-state index is 0.124. The Kier molecular flexibility index (Phi) is 5.32. The molecule has 0 radical (unpaired) electrons. The highest BCUT2D eigenvalue weighted by atomic mass is 79.9. The van der Waals surface area contributed by atoms with E-state index in [4.69, 9.17) is 0 Å². The molecule has 6 nitrogen and oxygen atoms in total. The highest BCUT2D eigenvalue weighted by Gasteiger charge is 2.38. The lowest BCUT2D eigenvalue weighted by Gasteiger charge is -2.36. The molecule has 160 valence electrons. The van der Waals surface area contributed by atoms with E-state index in [9.17, 15) is 9.90 Å². The molecule has 2 aliphatic rings. The molecule has 2 aromatic carbocycles. The van der Waals surface area contributed by atoms with Crippen molar-refractivity contribution in [3.63, 3.8) is 0 Å². The van der Waals surface area contributed by atoms with Crippen molar-refractivity contribution < 1.29 is 14.8 Å². The fraction of sp³-hybridized carbons (Fsp3) is 0.333. The number of benzene rings is 2. The molecule has 1 aliphatic heterocycles. The number of rotatable bonds is 4. The molecule has 3 aromatic rings. The lowest BCUT2D eigenvalue weighted by atomic mass is 9.89. The molecule has 0 bridgehead atoms. The number of aryl methyl sites for hydroxylation is 2. The lowest BCUT2D eigenvalue weighted by Crippen LogP contribution is -3.14. The summed E-state index contributed by atoms with van der Waals surface area (Å²) in [5.74, 6) is -0.248. The van der Waals surface area contributed by atoms with E-state index >= 15 is 0 Å². The average Bonchev–Trinajstić information content (AvgIpc) is 3.07. The summed E-state index contributed by atoms with van der Waals surface area (Å²) in [6, 6.07) is 12.0. The number of hydrogen-bond donors (Lipinski definition) is 2. The molecule has 1 aliphatic carbocycles. The molecule has 2 unspecified atom stereocenters. The van der Waals surface area contributed by atoms with Gasteiger partial charge in [0.2, 0.25) is 0 Å². The molecule has 0 spiro atoms. The maximum absolute atomic E-state index is 12.6. The zero-order chi connectivity index (χ0) is 21.5. The third-order valence-corrected chi connectivity index (χ3v) is 7.01. The van der Waals surface area contributed by atoms with Crippen LogP contribution in [0.15, 0.2) is 46.0 Å². The normalized spacial score (nSPS) is 20.2. The van der Waals surface area contributed by atoms with E-state index < -0.39 is 0 Å². The Balaban J connectivity index is 1.32. The van der Waals surface area contributed by atoms with Gasteiger partial charge in [-0.05, 0) is 55.2 Å². The topological polar surface area (TPSA) is 73.9 Å². The third kappa shape index (κ3) is 3.77. The van der Waals surface area contributed by atoms with Crippen molar-refractivity contribution in [2.24, 2.45) is 5.10 Å². The SMILES string of the molecule is Cc1ccc2c(c1)c1c3n2CC[NH+](CC(=O)NN=Cc2cc(Br)ccc2[O-])C3CCC1. The summed E-state index contributed by atoms with van der Waals surface area (Å²) < 4.78 is 3.28. The van der Waals surface area contributed by atoms with Gasteiger partial charge >= 0.3 is 0 Å². The molecule has 0 saturated heterocycles. The Labute approximate surface area is 189 Å². The zero-order valence-electron chi connectivity index (χ0n) is 17.5. The monoisotopic (exact) mass is 480 g/mol. The van der Waals surface area contributed by atoms with Crippen LogP contribution >= 0.6 is 15.9 Å². The van der Waals surface area contributed by atoms with Crippen molar-refractivity contribution in [2.75, 3.05) is 13.1 Å². The number of quaternary nitrogens is 1. The van der Waals surface area contributed by atoms with Crippen LogP contribution in [-0.4, -0.2) is 29.8 Å². The second kappa shape index (κ2) is 8.13. The van der Waals surface area contributed by atoms with Gasteiger partial charge in [-0.25, -0.2) is 5.43 Å². The Bertz CT molecular complexity index is 1200. The largest absolute Gasteiger partial charge is 0.872 e. The standard InChI is InChI=1S/C24H25BrN4O2/c1-15-5-7-20-19(11-15)18-3-2-4-21-24(18)29(20)10-9-28(21)14-23(31)27-26-13-16-12-17(25)6-8-22(16)30/h5-8,11-13,21,30H,2-4,9-10,14H2,1H3,(H,27,31). The van der Waals surface area contributed by atoms with Gasteiger partial charge in [0.25, 0.3) is 5.91 Å². The molecule has 7 heteroatoms. The Morgan fingerprint density at radius 2 is 2.23 bits per heavy atom. The molecular weight excluding hydrogens is 456 g/mol. The van der Waals surface area contributed by atoms with Gasteiger partial charge in [0, 0.05) is 21.8 Å². The number of hydrazone groups is 1. The van der Waals surface area contributed by atoms with Crippen molar-refractivity contribution >= 4 is 39.0 Å². The van der Waals surface area contributed by atoms with Crippen molar-refractivity contribution in [3.05, 3.63) is 63.3 Å². The summed E-state index contributed by atoms with van der Waals surface area (Å²) in [6.45, 7) is 4.37. The number of aromatic nitrogens is 1. The minimum atomic E-state index is -0.124. The van der Waals surface area contributed by atoms with Crippen LogP contribution in [0.3, 0.4) is 0 Å². The molecule has 2 atom stereocenters. The zero-order valence-corrected chi connectivity index (χ0v) is 19.0. The van der Waals surface area contributed by atoms with Crippen molar-refractivity contribution in [1.29, 1.82) is 0 Å². The minimum Gasteiger partial charge on any atom is -0.872 e. The molecule has 2 heterocycles. The van der Waals surface area contributed by atoms with Crippen LogP contribution in [0.1, 0.15) is 41.3 Å². The van der Waals surface area contributed by atoms with E-state index in [1.54, 1.807) is 12.1 Å². The van der Waals surface area contributed by atoms with Crippen molar-refractivity contribution in [2.45, 2.75) is 38.8 Å². The van der Waals surface area contributed by atoms with E-state index in [-0.39, 0.29) is 11.7 Å². The molecule has 31 heavy (non-hydrogen) atoms. The fourth-order valence-electron chi connectivity index (χ4n) is 5.16. The smallest absolute Gasteiger partial charge is 0.295 e. The van der Waals surface area contributed by atoms with Crippen LogP contribution in [-0.2, 0) is 17.8 Å². The van der Waals surface area contributed by atoms with Crippen LogP contribution in [0.2, 0.25) is 0 Å². The summed E-state index contributed by atoms with van der Waals surface area (Å²) in [7, 11) is 0. The van der Waals surface area contributed by atoms with E-state index in [0.29, 0.717) is 18.2 Å². The summed E-state index contributed by atoms with van der Waals surface area (Å²) >= 11 is 3.35. The summed E-state index contributed by atoms with van der Waals surface area (Å²) in [4.78, 5) is 13.9. The predicted octanol–water partition coefficient (Wildman–Crippen LogP) is 2.21. The number of nitrogens with one attached hydrogen (secondary N) is 2. The molecular formula is C24H25BrN4O2. The number of nitrogens with zero attached hydrogens (tertiary/aromatic N) is 2. The first-order valence-electron chi connectivity index (χ1n) is 10.8. The van der Waals surface area contributed by atoms with Gasteiger partial charge in [0.15, 0.2) is 6.54 Å². The Morgan fingerprint density at radius 1 is 1.35 bits per heavy atom. The number of carbonyl (C=O) groups excluding carboxylic acids is 1. The molecule has 5 rings (SSSR count). The van der Waals surface area contributed by atoms with Crippen LogP contribution in [0.4, 0.5) is 0 Å². The fourth-order valence-corrected chi connectivity index (χ4v) is 5.54. The number of carbonyl (C=O) groups is 1. The molecule has 0 fully saturated rings. The highest BCUT2D eigenvalue weighted by molar-refractivity contribution is 9.10. The first kappa shape index (κ1) is 20.3. The van der Waals surface area contributed by atoms with Gasteiger partial charge in [-0.3, -0.25) is 4.79 Å². The first-order valence-corrected chi connectivity index (χ1v) is 11.6. The second-order valence-electron chi connectivity index (χ2n) is 8.54. The maximum atomic E-state index is 12.6. The van der Waals surface area contributed by atoms with Gasteiger partial charge in [-0.1, -0.05) is 39.4 Å². The Hall–Kier alpha value is -2.64. The lowest BCUT2D eigenvalue weighted by molar-refractivity contribution is -0.929. The van der Waals surface area contributed by atoms with Gasteiger partial charge in [0.05, 0.1) is 25.0 Å². The predicted molar refractivity (Wildman–Crippen MR) is 122 cm³/mol. The number of halogens is 1. The summed E-state index contributed by atoms with van der Waals surface area (Å²) in [5, 5.41) is 17.3. The summed E-state index contributed by atoms with van der Waals surface area (Å²) in [5.41, 5.74) is 8.58. The number of amides is 1.